The maximum Gasteiger partial charge on any atom is 0.273 e. The Balaban J connectivity index is 0.00000256. The smallest absolute Gasteiger partial charge is 0.273 e. The number of nitrogens with one attached hydrogen (secondary N) is 3. The van der Waals surface area contributed by atoms with Crippen molar-refractivity contribution in [1.82, 2.24) is 24.9 Å². The molecule has 0 unspecified atom stereocenters. The lowest BCUT2D eigenvalue weighted by atomic mass is 10.3. The van der Waals surface area contributed by atoms with Crippen LogP contribution >= 0.6 is 11.3 Å². The molecular weight excluding hydrogens is 412 g/mol. The number of hydrogen-bond acceptors (Lipinski definition) is 8. The molecule has 0 aromatic carbocycles. The standard InChI is InChI=1S/C18H16N6O3S2.4H2/c1-3-11-9-19-18(14-6-7-16(28-14)29(26,27)24-10(2)25)21-17(11)20-15-8-13(22-23-15)12-4-5-12;;;;/h1,6-9,12H,4-5H2,2H3,(H,24,25)(H2,19,20,21,22,23);4*1H. The quantitative estimate of drug-likeness (QED) is 0.505. The number of amides is 1. The van der Waals surface area contributed by atoms with Gasteiger partial charge in [0, 0.05) is 36.5 Å². The minimum Gasteiger partial charge on any atom is -0.322 e. The normalized spacial score (nSPS) is 13.7. The van der Waals surface area contributed by atoms with Gasteiger partial charge in [-0.1, -0.05) is 5.92 Å². The van der Waals surface area contributed by atoms with Crippen molar-refractivity contribution in [3.05, 3.63) is 35.7 Å². The molecule has 3 N–H and O–H groups in total. The first-order chi connectivity index (χ1) is 13.9. The Morgan fingerprint density at radius 3 is 2.90 bits per heavy atom. The molecule has 0 bridgehead atoms. The summed E-state index contributed by atoms with van der Waals surface area (Å²) in [6.07, 6.45) is 9.34. The van der Waals surface area contributed by atoms with Gasteiger partial charge in [-0.3, -0.25) is 9.89 Å². The summed E-state index contributed by atoms with van der Waals surface area (Å²) in [7, 11) is -3.92. The zero-order chi connectivity index (χ0) is 20.6. The van der Waals surface area contributed by atoms with Gasteiger partial charge in [-0.05, 0) is 25.0 Å². The maximum atomic E-state index is 12.1. The van der Waals surface area contributed by atoms with Gasteiger partial charge < -0.3 is 5.32 Å². The molecule has 4 rings (SSSR count). The fourth-order valence-corrected chi connectivity index (χ4v) is 4.89. The Bertz CT molecular complexity index is 1250. The van der Waals surface area contributed by atoms with Crippen molar-refractivity contribution in [1.29, 1.82) is 0 Å². The Labute approximate surface area is 177 Å². The molecule has 29 heavy (non-hydrogen) atoms. The molecule has 1 saturated carbocycles. The van der Waals surface area contributed by atoms with Crippen LogP contribution in [0.15, 0.2) is 28.6 Å². The minimum absolute atomic E-state index is 0. The number of H-pyrrole nitrogens is 1. The highest BCUT2D eigenvalue weighted by Gasteiger charge is 2.25. The minimum atomic E-state index is -3.92. The molecule has 3 heterocycles. The van der Waals surface area contributed by atoms with Crippen molar-refractivity contribution in [2.75, 3.05) is 5.32 Å². The molecule has 1 aliphatic carbocycles. The predicted molar refractivity (Wildman–Crippen MR) is 117 cm³/mol. The Morgan fingerprint density at radius 2 is 2.21 bits per heavy atom. The van der Waals surface area contributed by atoms with Crippen LogP contribution in [-0.4, -0.2) is 34.5 Å². The number of rotatable bonds is 6. The first kappa shape index (κ1) is 19.1. The Hall–Kier alpha value is -3.23. The van der Waals surface area contributed by atoms with Gasteiger partial charge in [0.25, 0.3) is 10.0 Å². The van der Waals surface area contributed by atoms with Crippen molar-refractivity contribution in [2.45, 2.75) is 29.9 Å². The summed E-state index contributed by atoms with van der Waals surface area (Å²) < 4.78 is 26.2. The van der Waals surface area contributed by atoms with Crippen LogP contribution in [0.1, 0.15) is 42.6 Å². The van der Waals surface area contributed by atoms with E-state index in [-0.39, 0.29) is 9.92 Å². The number of nitrogens with zero attached hydrogens (tertiary/aromatic N) is 3. The maximum absolute atomic E-state index is 12.1. The average Bonchev–Trinajstić information content (AvgIpc) is 3.20. The lowest BCUT2D eigenvalue weighted by molar-refractivity contribution is -0.117. The largest absolute Gasteiger partial charge is 0.322 e. The van der Waals surface area contributed by atoms with Gasteiger partial charge in [0.1, 0.15) is 4.21 Å². The Kier molecular flexibility index (Phi) is 4.81. The van der Waals surface area contributed by atoms with Gasteiger partial charge in [0.15, 0.2) is 17.5 Å². The summed E-state index contributed by atoms with van der Waals surface area (Å²) in [5.74, 6) is 3.68. The summed E-state index contributed by atoms with van der Waals surface area (Å²) >= 11 is 0.951. The van der Waals surface area contributed by atoms with Gasteiger partial charge >= 0.3 is 0 Å². The van der Waals surface area contributed by atoms with Gasteiger partial charge in [0.05, 0.1) is 10.4 Å². The number of aromatic nitrogens is 4. The van der Waals surface area contributed by atoms with Crippen LogP contribution in [0.2, 0.25) is 0 Å². The van der Waals surface area contributed by atoms with Crippen LogP contribution in [0.4, 0.5) is 11.6 Å². The topological polar surface area (TPSA) is 130 Å². The number of carbonyl (C=O) groups excluding carboxylic acids is 1. The van der Waals surface area contributed by atoms with E-state index < -0.39 is 15.9 Å². The number of sulfonamides is 1. The van der Waals surface area contributed by atoms with Crippen molar-refractivity contribution < 1.29 is 18.9 Å². The number of terminal acetylenes is 1. The van der Waals surface area contributed by atoms with Crippen LogP contribution in [-0.2, 0) is 14.8 Å². The zero-order valence-corrected chi connectivity index (χ0v) is 16.9. The van der Waals surface area contributed by atoms with E-state index in [9.17, 15) is 13.2 Å². The lowest BCUT2D eigenvalue weighted by Gasteiger charge is -2.06. The molecule has 0 aliphatic heterocycles. The van der Waals surface area contributed by atoms with Gasteiger partial charge in [0.2, 0.25) is 5.91 Å². The number of carbonyl (C=O) groups is 1. The van der Waals surface area contributed by atoms with Crippen molar-refractivity contribution in [2.24, 2.45) is 0 Å². The molecule has 9 nitrogen and oxygen atoms in total. The van der Waals surface area contributed by atoms with Crippen molar-refractivity contribution in [3.63, 3.8) is 0 Å². The van der Waals surface area contributed by atoms with Gasteiger partial charge in [-0.2, -0.15) is 5.10 Å². The van der Waals surface area contributed by atoms with Crippen LogP contribution in [0.5, 0.6) is 0 Å². The van der Waals surface area contributed by atoms with Gasteiger partial charge in [-0.25, -0.2) is 23.1 Å². The van der Waals surface area contributed by atoms with Crippen LogP contribution in [0.25, 0.3) is 10.7 Å². The predicted octanol–water partition coefficient (Wildman–Crippen LogP) is 3.34. The SMILES string of the molecule is C#Cc1cnc(-c2ccc(S(=O)(=O)NC(C)=O)s2)nc1Nc1cc(C2CC2)[nH]n1.[HH].[HH].[HH].[HH]. The second-order valence-corrected chi connectivity index (χ2v) is 9.48. The first-order valence-electron chi connectivity index (χ1n) is 8.65. The highest BCUT2D eigenvalue weighted by Crippen LogP contribution is 2.39. The summed E-state index contributed by atoms with van der Waals surface area (Å²) in [6, 6.07) is 4.89. The third kappa shape index (κ3) is 4.13. The van der Waals surface area contributed by atoms with Crippen molar-refractivity contribution in [3.8, 4) is 23.0 Å². The van der Waals surface area contributed by atoms with E-state index in [0.717, 1.165) is 36.8 Å². The van der Waals surface area contributed by atoms with E-state index in [1.165, 1.54) is 12.3 Å². The molecule has 3 aromatic heterocycles. The molecule has 1 amide bonds. The van der Waals surface area contributed by atoms with Crippen molar-refractivity contribution >= 4 is 38.9 Å². The highest BCUT2D eigenvalue weighted by molar-refractivity contribution is 7.92. The summed E-state index contributed by atoms with van der Waals surface area (Å²) in [5, 5.41) is 10.3. The Morgan fingerprint density at radius 1 is 1.41 bits per heavy atom. The summed E-state index contributed by atoms with van der Waals surface area (Å²) in [6.45, 7) is 1.13. The summed E-state index contributed by atoms with van der Waals surface area (Å²) in [5.41, 5.74) is 1.52. The number of hydrogen-bond donors (Lipinski definition) is 3. The molecule has 1 aliphatic rings. The van der Waals surface area contributed by atoms with E-state index in [1.807, 2.05) is 10.8 Å². The highest BCUT2D eigenvalue weighted by atomic mass is 32.2. The van der Waals surface area contributed by atoms with E-state index in [4.69, 9.17) is 6.42 Å². The third-order valence-electron chi connectivity index (χ3n) is 4.15. The van der Waals surface area contributed by atoms with E-state index in [0.29, 0.717) is 33.8 Å². The fraction of sp³-hybridized carbons (Fsp3) is 0.222. The third-order valence-corrected chi connectivity index (χ3v) is 7.16. The van der Waals surface area contributed by atoms with Crippen LogP contribution in [0, 0.1) is 12.3 Å². The van der Waals surface area contributed by atoms with Crippen LogP contribution in [0.3, 0.4) is 0 Å². The molecular formula is C18H24N6O3S2. The van der Waals surface area contributed by atoms with E-state index in [2.05, 4.69) is 31.4 Å². The van der Waals surface area contributed by atoms with E-state index in [1.54, 1.807) is 6.07 Å². The average molecular weight is 437 g/mol. The van der Waals surface area contributed by atoms with E-state index >= 15 is 0 Å². The molecule has 0 saturated heterocycles. The molecule has 3 aromatic rings. The molecule has 11 heteroatoms. The van der Waals surface area contributed by atoms with Gasteiger partial charge in [-0.15, -0.1) is 17.8 Å². The van der Waals surface area contributed by atoms with Crippen LogP contribution < -0.4 is 10.0 Å². The molecule has 0 spiro atoms. The number of anilines is 2. The second kappa shape index (κ2) is 7.31. The monoisotopic (exact) mass is 436 g/mol. The molecule has 156 valence electrons. The number of aromatic amines is 1. The fourth-order valence-electron chi connectivity index (χ4n) is 2.65. The molecule has 0 atom stereocenters. The number of thiophene rings is 1. The summed E-state index contributed by atoms with van der Waals surface area (Å²) in [4.78, 5) is 20.3. The molecule has 1 fully saturated rings. The second-order valence-electron chi connectivity index (χ2n) is 6.49. The molecule has 0 radical (unpaired) electrons. The first-order valence-corrected chi connectivity index (χ1v) is 11.0. The zero-order valence-electron chi connectivity index (χ0n) is 15.3. The lowest BCUT2D eigenvalue weighted by Crippen LogP contribution is -2.27.